The number of aliphatic hydroxyl groups excluding tert-OH is 1. The maximum absolute atomic E-state index is 13.6. The standard InChI is InChI=1S/C14H11ClF2O2/c15-11-3-1-2-9(4-11)8-19-14-12(16)5-10(7-18)6-13(14)17/h1-6,18H,7-8H2. The van der Waals surface area contributed by atoms with Crippen LogP contribution in [0.1, 0.15) is 11.1 Å². The lowest BCUT2D eigenvalue weighted by molar-refractivity contribution is 0.266. The molecule has 5 heteroatoms. The summed E-state index contributed by atoms with van der Waals surface area (Å²) in [7, 11) is 0. The fourth-order valence-corrected chi connectivity index (χ4v) is 1.84. The molecule has 0 amide bonds. The van der Waals surface area contributed by atoms with Crippen molar-refractivity contribution in [2.45, 2.75) is 13.2 Å². The van der Waals surface area contributed by atoms with Crippen molar-refractivity contribution in [1.29, 1.82) is 0 Å². The second-order valence-electron chi connectivity index (χ2n) is 3.97. The Morgan fingerprint density at radius 2 is 1.74 bits per heavy atom. The molecule has 19 heavy (non-hydrogen) atoms. The maximum Gasteiger partial charge on any atom is 0.191 e. The summed E-state index contributed by atoms with van der Waals surface area (Å²) in [4.78, 5) is 0. The second kappa shape index (κ2) is 5.99. The van der Waals surface area contributed by atoms with Crippen LogP contribution in [-0.2, 0) is 13.2 Å². The summed E-state index contributed by atoms with van der Waals surface area (Å²) in [5, 5.41) is 9.35. The first kappa shape index (κ1) is 13.8. The van der Waals surface area contributed by atoms with Gasteiger partial charge in [0.25, 0.3) is 0 Å². The van der Waals surface area contributed by atoms with Crippen molar-refractivity contribution in [1.82, 2.24) is 0 Å². The number of ether oxygens (including phenoxy) is 1. The van der Waals surface area contributed by atoms with Gasteiger partial charge in [0.1, 0.15) is 6.61 Å². The van der Waals surface area contributed by atoms with Crippen molar-refractivity contribution in [3.05, 3.63) is 64.2 Å². The molecule has 0 unspecified atom stereocenters. The molecular formula is C14H11ClF2O2. The predicted octanol–water partition coefficient (Wildman–Crippen LogP) is 3.69. The van der Waals surface area contributed by atoms with Crippen molar-refractivity contribution in [2.75, 3.05) is 0 Å². The second-order valence-corrected chi connectivity index (χ2v) is 4.40. The van der Waals surface area contributed by atoms with Gasteiger partial charge in [-0.1, -0.05) is 23.7 Å². The Morgan fingerprint density at radius 3 is 2.32 bits per heavy atom. The highest BCUT2D eigenvalue weighted by molar-refractivity contribution is 6.30. The molecule has 0 fully saturated rings. The van der Waals surface area contributed by atoms with Crippen molar-refractivity contribution in [2.24, 2.45) is 0 Å². The lowest BCUT2D eigenvalue weighted by Gasteiger charge is -2.09. The Labute approximate surface area is 114 Å². The molecule has 0 saturated carbocycles. The van der Waals surface area contributed by atoms with Crippen molar-refractivity contribution >= 4 is 11.6 Å². The number of hydrogen-bond acceptors (Lipinski definition) is 2. The van der Waals surface area contributed by atoms with E-state index in [9.17, 15) is 8.78 Å². The van der Waals surface area contributed by atoms with Crippen LogP contribution in [0.2, 0.25) is 5.02 Å². The molecular weight excluding hydrogens is 274 g/mol. The molecule has 2 nitrogen and oxygen atoms in total. The zero-order valence-electron chi connectivity index (χ0n) is 9.87. The smallest absolute Gasteiger partial charge is 0.191 e. The summed E-state index contributed by atoms with van der Waals surface area (Å²) in [5.74, 6) is -2.14. The number of hydrogen-bond donors (Lipinski definition) is 1. The minimum Gasteiger partial charge on any atom is -0.483 e. The third kappa shape index (κ3) is 3.43. The van der Waals surface area contributed by atoms with Gasteiger partial charge in [-0.3, -0.25) is 0 Å². The summed E-state index contributed by atoms with van der Waals surface area (Å²) in [6.07, 6.45) is 0. The van der Waals surface area contributed by atoms with E-state index >= 15 is 0 Å². The van der Waals surface area contributed by atoms with Gasteiger partial charge in [0.05, 0.1) is 6.61 Å². The number of rotatable bonds is 4. The quantitative estimate of drug-likeness (QED) is 0.928. The predicted molar refractivity (Wildman–Crippen MR) is 68.1 cm³/mol. The Hall–Kier alpha value is -1.65. The van der Waals surface area contributed by atoms with E-state index in [1.807, 2.05) is 0 Å². The van der Waals surface area contributed by atoms with Gasteiger partial charge in [-0.15, -0.1) is 0 Å². The van der Waals surface area contributed by atoms with Crippen molar-refractivity contribution in [3.63, 3.8) is 0 Å². The van der Waals surface area contributed by atoms with E-state index in [1.54, 1.807) is 24.3 Å². The fraction of sp³-hybridized carbons (Fsp3) is 0.143. The molecule has 0 atom stereocenters. The molecule has 2 rings (SSSR count). The molecule has 0 heterocycles. The topological polar surface area (TPSA) is 29.5 Å². The zero-order chi connectivity index (χ0) is 13.8. The third-order valence-electron chi connectivity index (χ3n) is 2.51. The van der Waals surface area contributed by atoms with Gasteiger partial charge in [0.15, 0.2) is 17.4 Å². The van der Waals surface area contributed by atoms with Crippen LogP contribution in [-0.4, -0.2) is 5.11 Å². The largest absolute Gasteiger partial charge is 0.483 e. The van der Waals surface area contributed by atoms with Gasteiger partial charge in [0, 0.05) is 5.02 Å². The van der Waals surface area contributed by atoms with E-state index in [2.05, 4.69) is 0 Å². The minimum atomic E-state index is -0.842. The van der Waals surface area contributed by atoms with Gasteiger partial charge >= 0.3 is 0 Å². The van der Waals surface area contributed by atoms with E-state index in [4.69, 9.17) is 21.4 Å². The van der Waals surface area contributed by atoms with Gasteiger partial charge < -0.3 is 9.84 Å². The molecule has 0 spiro atoms. The zero-order valence-corrected chi connectivity index (χ0v) is 10.6. The van der Waals surface area contributed by atoms with Gasteiger partial charge in [-0.2, -0.15) is 0 Å². The van der Waals surface area contributed by atoms with Crippen LogP contribution < -0.4 is 4.74 Å². The first-order valence-electron chi connectivity index (χ1n) is 5.56. The summed E-state index contributed by atoms with van der Waals surface area (Å²) in [6, 6.07) is 8.89. The summed E-state index contributed by atoms with van der Waals surface area (Å²) >= 11 is 5.80. The first-order chi connectivity index (χ1) is 9.10. The normalized spacial score (nSPS) is 10.5. The molecule has 0 bridgehead atoms. The van der Waals surface area contributed by atoms with E-state index in [-0.39, 0.29) is 12.2 Å². The molecule has 0 saturated heterocycles. The number of benzene rings is 2. The first-order valence-corrected chi connectivity index (χ1v) is 5.94. The minimum absolute atomic E-state index is 0.00682. The Bertz CT molecular complexity index is 564. The van der Waals surface area contributed by atoms with Crippen LogP contribution in [0.5, 0.6) is 5.75 Å². The molecule has 100 valence electrons. The molecule has 2 aromatic rings. The van der Waals surface area contributed by atoms with Gasteiger partial charge in [-0.05, 0) is 35.4 Å². The van der Waals surface area contributed by atoms with Gasteiger partial charge in [0.2, 0.25) is 0 Å². The Morgan fingerprint density at radius 1 is 1.05 bits per heavy atom. The summed E-state index contributed by atoms with van der Waals surface area (Å²) in [6.45, 7) is -0.421. The molecule has 0 aliphatic heterocycles. The van der Waals surface area contributed by atoms with Gasteiger partial charge in [-0.25, -0.2) is 8.78 Å². The van der Waals surface area contributed by atoms with Crippen LogP contribution in [0.15, 0.2) is 36.4 Å². The Balaban J connectivity index is 2.16. The average molecular weight is 285 g/mol. The summed E-state index contributed by atoms with van der Waals surface area (Å²) < 4.78 is 32.3. The maximum atomic E-state index is 13.6. The average Bonchev–Trinajstić information content (AvgIpc) is 2.37. The molecule has 2 aromatic carbocycles. The highest BCUT2D eigenvalue weighted by Crippen LogP contribution is 2.24. The highest BCUT2D eigenvalue weighted by Gasteiger charge is 2.12. The van der Waals surface area contributed by atoms with Crippen LogP contribution in [0.4, 0.5) is 8.78 Å². The lowest BCUT2D eigenvalue weighted by Crippen LogP contribution is -2.01. The van der Waals surface area contributed by atoms with Crippen LogP contribution in [0.3, 0.4) is 0 Å². The molecule has 0 aliphatic carbocycles. The number of aliphatic hydroxyl groups is 1. The van der Waals surface area contributed by atoms with Crippen molar-refractivity contribution < 1.29 is 18.6 Å². The molecule has 0 aromatic heterocycles. The molecule has 0 radical (unpaired) electrons. The SMILES string of the molecule is OCc1cc(F)c(OCc2cccc(Cl)c2)c(F)c1. The molecule has 1 N–H and O–H groups in total. The highest BCUT2D eigenvalue weighted by atomic mass is 35.5. The van der Waals surface area contributed by atoms with E-state index in [0.29, 0.717) is 10.6 Å². The van der Waals surface area contributed by atoms with Crippen LogP contribution in [0, 0.1) is 11.6 Å². The number of halogens is 3. The lowest BCUT2D eigenvalue weighted by atomic mass is 10.2. The van der Waals surface area contributed by atoms with Crippen LogP contribution in [0.25, 0.3) is 0 Å². The third-order valence-corrected chi connectivity index (χ3v) is 2.75. The monoisotopic (exact) mass is 284 g/mol. The van der Waals surface area contributed by atoms with E-state index in [0.717, 1.165) is 12.1 Å². The van der Waals surface area contributed by atoms with E-state index < -0.39 is 24.0 Å². The van der Waals surface area contributed by atoms with Crippen molar-refractivity contribution in [3.8, 4) is 5.75 Å². The van der Waals surface area contributed by atoms with Crippen LogP contribution >= 0.6 is 11.6 Å². The fourth-order valence-electron chi connectivity index (χ4n) is 1.62. The Kier molecular flexibility index (Phi) is 4.35. The summed E-state index contributed by atoms with van der Waals surface area (Å²) in [5.41, 5.74) is 0.864. The molecule has 0 aliphatic rings. The van der Waals surface area contributed by atoms with E-state index in [1.165, 1.54) is 0 Å².